The lowest BCUT2D eigenvalue weighted by atomic mass is 10.2. The summed E-state index contributed by atoms with van der Waals surface area (Å²) in [4.78, 5) is 6.62. The van der Waals surface area contributed by atoms with Crippen molar-refractivity contribution in [1.82, 2.24) is 10.3 Å². The van der Waals surface area contributed by atoms with E-state index in [-0.39, 0.29) is 0 Å². The minimum Gasteiger partial charge on any atom is -0.367 e. The number of pyridine rings is 1. The van der Waals surface area contributed by atoms with Crippen LogP contribution in [0.15, 0.2) is 24.5 Å². The van der Waals surface area contributed by atoms with Gasteiger partial charge in [-0.2, -0.15) is 0 Å². The number of anilines is 1. The molecule has 1 aromatic heterocycles. The lowest BCUT2D eigenvalue weighted by molar-refractivity contribution is 0.465. The Bertz CT molecular complexity index is 300. The zero-order valence-electron chi connectivity index (χ0n) is 8.19. The van der Waals surface area contributed by atoms with Gasteiger partial charge in [0, 0.05) is 31.4 Å². The minimum absolute atomic E-state index is 0.703. The normalized spacial score (nSPS) is 30.7. The number of hydrogen-bond donors (Lipinski definition) is 1. The molecule has 1 N–H and O–H groups in total. The van der Waals surface area contributed by atoms with Crippen molar-refractivity contribution in [3.05, 3.63) is 24.5 Å². The quantitative estimate of drug-likeness (QED) is 0.715. The second-order valence-corrected chi connectivity index (χ2v) is 4.25. The van der Waals surface area contributed by atoms with E-state index in [1.54, 1.807) is 0 Å². The molecule has 1 aromatic rings. The largest absolute Gasteiger partial charge is 0.367 e. The third kappa shape index (κ3) is 1.38. The van der Waals surface area contributed by atoms with E-state index < -0.39 is 0 Å². The van der Waals surface area contributed by atoms with Crippen LogP contribution >= 0.6 is 0 Å². The maximum absolute atomic E-state index is 4.17. The van der Waals surface area contributed by atoms with Crippen LogP contribution in [0.3, 0.4) is 0 Å². The van der Waals surface area contributed by atoms with Gasteiger partial charge in [0.1, 0.15) is 0 Å². The molecule has 0 saturated carbocycles. The molecular formula is C11H15N3. The Labute approximate surface area is 84.1 Å². The lowest BCUT2D eigenvalue weighted by Crippen LogP contribution is -2.51. The number of hydrogen-bond acceptors (Lipinski definition) is 3. The Morgan fingerprint density at radius 2 is 2.07 bits per heavy atom. The van der Waals surface area contributed by atoms with Gasteiger partial charge in [0.25, 0.3) is 0 Å². The smallest absolute Gasteiger partial charge is 0.0553 e. The van der Waals surface area contributed by atoms with Gasteiger partial charge in [0.05, 0.1) is 11.9 Å². The molecule has 2 fully saturated rings. The molecule has 3 heterocycles. The molecular weight excluding hydrogens is 174 g/mol. The van der Waals surface area contributed by atoms with E-state index in [1.807, 2.05) is 18.5 Å². The van der Waals surface area contributed by atoms with Gasteiger partial charge in [-0.05, 0) is 25.0 Å². The standard InChI is InChI=1S/C11H15N3/c1-2-11(6-12-5-1)14-7-9-3-4-10(8-14)13-9/h1-2,5-6,9-10,13H,3-4,7-8H2/t9-,10+. The van der Waals surface area contributed by atoms with Crippen molar-refractivity contribution in [3.8, 4) is 0 Å². The Hall–Kier alpha value is -1.09. The third-order valence-electron chi connectivity index (χ3n) is 3.23. The predicted octanol–water partition coefficient (Wildman–Crippen LogP) is 1.02. The van der Waals surface area contributed by atoms with E-state index in [2.05, 4.69) is 21.3 Å². The average molecular weight is 189 g/mol. The zero-order valence-corrected chi connectivity index (χ0v) is 8.19. The molecule has 2 bridgehead atoms. The van der Waals surface area contributed by atoms with Gasteiger partial charge >= 0.3 is 0 Å². The highest BCUT2D eigenvalue weighted by atomic mass is 15.2. The molecule has 2 saturated heterocycles. The van der Waals surface area contributed by atoms with Crippen LogP contribution in [-0.4, -0.2) is 30.2 Å². The Morgan fingerprint density at radius 3 is 2.71 bits per heavy atom. The van der Waals surface area contributed by atoms with Gasteiger partial charge in [0.2, 0.25) is 0 Å². The highest BCUT2D eigenvalue weighted by Gasteiger charge is 2.31. The average Bonchev–Trinajstić information content (AvgIpc) is 2.59. The van der Waals surface area contributed by atoms with Gasteiger partial charge in [-0.1, -0.05) is 0 Å². The van der Waals surface area contributed by atoms with Crippen molar-refractivity contribution in [2.45, 2.75) is 24.9 Å². The number of aromatic nitrogens is 1. The van der Waals surface area contributed by atoms with Crippen LogP contribution in [0.25, 0.3) is 0 Å². The van der Waals surface area contributed by atoms with Gasteiger partial charge in [-0.15, -0.1) is 0 Å². The van der Waals surface area contributed by atoms with Crippen molar-refractivity contribution in [2.75, 3.05) is 18.0 Å². The number of fused-ring (bicyclic) bond motifs is 2. The molecule has 2 aliphatic rings. The van der Waals surface area contributed by atoms with Crippen molar-refractivity contribution in [3.63, 3.8) is 0 Å². The second-order valence-electron chi connectivity index (χ2n) is 4.25. The Morgan fingerprint density at radius 1 is 1.29 bits per heavy atom. The number of nitrogens with one attached hydrogen (secondary N) is 1. The Kier molecular flexibility index (Phi) is 1.91. The molecule has 2 aliphatic heterocycles. The first-order chi connectivity index (χ1) is 6.92. The predicted molar refractivity (Wildman–Crippen MR) is 56.4 cm³/mol. The fourth-order valence-electron chi connectivity index (χ4n) is 2.55. The first kappa shape index (κ1) is 8.24. The van der Waals surface area contributed by atoms with Crippen molar-refractivity contribution >= 4 is 5.69 Å². The SMILES string of the molecule is c1cncc(N2C[C@H]3CC[C@@H](C2)N3)c1. The van der Waals surface area contributed by atoms with Crippen LogP contribution in [0.1, 0.15) is 12.8 Å². The van der Waals surface area contributed by atoms with Gasteiger partial charge < -0.3 is 10.2 Å². The van der Waals surface area contributed by atoms with E-state index >= 15 is 0 Å². The summed E-state index contributed by atoms with van der Waals surface area (Å²) in [5.41, 5.74) is 1.27. The highest BCUT2D eigenvalue weighted by molar-refractivity contribution is 5.45. The molecule has 0 radical (unpaired) electrons. The molecule has 74 valence electrons. The summed E-state index contributed by atoms with van der Waals surface area (Å²) in [6.45, 7) is 2.28. The summed E-state index contributed by atoms with van der Waals surface area (Å²) < 4.78 is 0. The van der Waals surface area contributed by atoms with Gasteiger partial charge in [0.15, 0.2) is 0 Å². The topological polar surface area (TPSA) is 28.2 Å². The Balaban J connectivity index is 1.81. The van der Waals surface area contributed by atoms with E-state index in [9.17, 15) is 0 Å². The van der Waals surface area contributed by atoms with E-state index in [0.717, 1.165) is 13.1 Å². The summed E-state index contributed by atoms with van der Waals surface area (Å²) in [5, 5.41) is 3.63. The maximum Gasteiger partial charge on any atom is 0.0553 e. The van der Waals surface area contributed by atoms with Crippen LogP contribution < -0.4 is 10.2 Å². The zero-order chi connectivity index (χ0) is 9.38. The molecule has 0 spiro atoms. The maximum atomic E-state index is 4.17. The lowest BCUT2D eigenvalue weighted by Gasteiger charge is -2.34. The summed E-state index contributed by atoms with van der Waals surface area (Å²) in [5.74, 6) is 0. The summed E-state index contributed by atoms with van der Waals surface area (Å²) >= 11 is 0. The van der Waals surface area contributed by atoms with Crippen molar-refractivity contribution in [1.29, 1.82) is 0 Å². The first-order valence-corrected chi connectivity index (χ1v) is 5.33. The molecule has 0 aromatic carbocycles. The van der Waals surface area contributed by atoms with E-state index in [0.29, 0.717) is 12.1 Å². The first-order valence-electron chi connectivity index (χ1n) is 5.33. The number of nitrogens with zero attached hydrogens (tertiary/aromatic N) is 2. The summed E-state index contributed by atoms with van der Waals surface area (Å²) in [6.07, 6.45) is 6.47. The van der Waals surface area contributed by atoms with Crippen LogP contribution in [-0.2, 0) is 0 Å². The fourth-order valence-corrected chi connectivity index (χ4v) is 2.55. The molecule has 3 nitrogen and oxygen atoms in total. The van der Waals surface area contributed by atoms with Crippen LogP contribution in [0.4, 0.5) is 5.69 Å². The minimum atomic E-state index is 0.703. The molecule has 14 heavy (non-hydrogen) atoms. The summed E-state index contributed by atoms with van der Waals surface area (Å²) in [6, 6.07) is 5.57. The van der Waals surface area contributed by atoms with E-state index in [1.165, 1.54) is 18.5 Å². The van der Waals surface area contributed by atoms with Crippen LogP contribution in [0, 0.1) is 0 Å². The molecule has 0 unspecified atom stereocenters. The van der Waals surface area contributed by atoms with Crippen molar-refractivity contribution in [2.24, 2.45) is 0 Å². The van der Waals surface area contributed by atoms with Crippen LogP contribution in [0.2, 0.25) is 0 Å². The number of piperazine rings is 1. The van der Waals surface area contributed by atoms with Crippen LogP contribution in [0.5, 0.6) is 0 Å². The second kappa shape index (κ2) is 3.24. The monoisotopic (exact) mass is 189 g/mol. The molecule has 3 rings (SSSR count). The molecule has 2 atom stereocenters. The third-order valence-corrected chi connectivity index (χ3v) is 3.23. The highest BCUT2D eigenvalue weighted by Crippen LogP contribution is 2.24. The molecule has 0 amide bonds. The van der Waals surface area contributed by atoms with Gasteiger partial charge in [-0.3, -0.25) is 4.98 Å². The fraction of sp³-hybridized carbons (Fsp3) is 0.545. The van der Waals surface area contributed by atoms with E-state index in [4.69, 9.17) is 0 Å². The van der Waals surface area contributed by atoms with Crippen molar-refractivity contribution < 1.29 is 0 Å². The molecule has 3 heteroatoms. The van der Waals surface area contributed by atoms with Gasteiger partial charge in [-0.25, -0.2) is 0 Å². The summed E-state index contributed by atoms with van der Waals surface area (Å²) in [7, 11) is 0. The molecule has 0 aliphatic carbocycles. The number of rotatable bonds is 1.